The van der Waals surface area contributed by atoms with Crippen LogP contribution in [0.5, 0.6) is 0 Å². The van der Waals surface area contributed by atoms with E-state index in [1.807, 2.05) is 28.8 Å². The topological polar surface area (TPSA) is 59.3 Å². The first-order valence-corrected chi connectivity index (χ1v) is 7.65. The van der Waals surface area contributed by atoms with Gasteiger partial charge in [0.2, 0.25) is 5.91 Å². The SMILES string of the molecule is O=C(Cc1cccc(C(F)(F)F)c1)NCCc1nnc2ccccn12. The van der Waals surface area contributed by atoms with Crippen molar-refractivity contribution in [2.45, 2.75) is 19.0 Å². The van der Waals surface area contributed by atoms with Gasteiger partial charge in [-0.05, 0) is 23.8 Å². The van der Waals surface area contributed by atoms with E-state index in [0.29, 0.717) is 30.0 Å². The van der Waals surface area contributed by atoms with Gasteiger partial charge >= 0.3 is 6.18 Å². The smallest absolute Gasteiger partial charge is 0.355 e. The standard InChI is InChI=1S/C17H15F3N4O/c18-17(19,20)13-5-3-4-12(10-13)11-16(25)21-8-7-15-23-22-14-6-1-2-9-24(14)15/h1-6,9-10H,7-8,11H2,(H,21,25). The molecule has 0 radical (unpaired) electrons. The van der Waals surface area contributed by atoms with Crippen molar-refractivity contribution in [1.29, 1.82) is 0 Å². The van der Waals surface area contributed by atoms with Gasteiger partial charge < -0.3 is 5.32 Å². The maximum absolute atomic E-state index is 12.7. The van der Waals surface area contributed by atoms with Gasteiger partial charge in [0, 0.05) is 19.2 Å². The minimum absolute atomic E-state index is 0.107. The number of aromatic nitrogens is 3. The highest BCUT2D eigenvalue weighted by Gasteiger charge is 2.30. The van der Waals surface area contributed by atoms with Crippen LogP contribution in [-0.4, -0.2) is 27.0 Å². The molecular formula is C17H15F3N4O. The highest BCUT2D eigenvalue weighted by atomic mass is 19.4. The molecule has 0 bridgehead atoms. The van der Waals surface area contributed by atoms with Gasteiger partial charge in [0.25, 0.3) is 0 Å². The average molecular weight is 348 g/mol. The van der Waals surface area contributed by atoms with Gasteiger partial charge in [0.15, 0.2) is 5.65 Å². The zero-order chi connectivity index (χ0) is 17.9. The third-order valence-electron chi connectivity index (χ3n) is 3.67. The van der Waals surface area contributed by atoms with Gasteiger partial charge in [-0.2, -0.15) is 13.2 Å². The fourth-order valence-electron chi connectivity index (χ4n) is 2.48. The lowest BCUT2D eigenvalue weighted by Gasteiger charge is -2.09. The summed E-state index contributed by atoms with van der Waals surface area (Å²) in [7, 11) is 0. The average Bonchev–Trinajstić information content (AvgIpc) is 2.98. The molecule has 0 saturated carbocycles. The Kier molecular flexibility index (Phi) is 4.69. The lowest BCUT2D eigenvalue weighted by Crippen LogP contribution is -2.27. The Morgan fingerprint density at radius 3 is 2.76 bits per heavy atom. The molecule has 2 aromatic heterocycles. The van der Waals surface area contributed by atoms with Crippen LogP contribution in [0.1, 0.15) is 17.0 Å². The van der Waals surface area contributed by atoms with Gasteiger partial charge in [-0.15, -0.1) is 10.2 Å². The molecular weight excluding hydrogens is 333 g/mol. The number of amides is 1. The molecule has 130 valence electrons. The molecule has 0 spiro atoms. The molecule has 0 fully saturated rings. The van der Waals surface area contributed by atoms with E-state index >= 15 is 0 Å². The van der Waals surface area contributed by atoms with E-state index in [4.69, 9.17) is 0 Å². The fourth-order valence-corrected chi connectivity index (χ4v) is 2.48. The molecule has 1 N–H and O–H groups in total. The monoisotopic (exact) mass is 348 g/mol. The maximum Gasteiger partial charge on any atom is 0.416 e. The number of alkyl halides is 3. The first kappa shape index (κ1) is 16.9. The van der Waals surface area contributed by atoms with Crippen LogP contribution in [-0.2, 0) is 23.8 Å². The van der Waals surface area contributed by atoms with Crippen molar-refractivity contribution in [2.75, 3.05) is 6.54 Å². The third kappa shape index (κ3) is 4.14. The van der Waals surface area contributed by atoms with Gasteiger partial charge in [-0.3, -0.25) is 9.20 Å². The molecule has 0 unspecified atom stereocenters. The van der Waals surface area contributed by atoms with E-state index in [0.717, 1.165) is 12.1 Å². The van der Waals surface area contributed by atoms with E-state index in [-0.39, 0.29) is 12.3 Å². The van der Waals surface area contributed by atoms with Crippen molar-refractivity contribution >= 4 is 11.6 Å². The summed E-state index contributed by atoms with van der Waals surface area (Å²) in [5, 5.41) is 10.8. The Morgan fingerprint density at radius 2 is 1.96 bits per heavy atom. The summed E-state index contributed by atoms with van der Waals surface area (Å²) in [6, 6.07) is 10.3. The van der Waals surface area contributed by atoms with Crippen LogP contribution in [0.2, 0.25) is 0 Å². The lowest BCUT2D eigenvalue weighted by molar-refractivity contribution is -0.137. The number of benzene rings is 1. The fraction of sp³-hybridized carbons (Fsp3) is 0.235. The van der Waals surface area contributed by atoms with E-state index in [9.17, 15) is 18.0 Å². The highest BCUT2D eigenvalue weighted by molar-refractivity contribution is 5.78. The molecule has 25 heavy (non-hydrogen) atoms. The number of carbonyl (C=O) groups excluding carboxylic acids is 1. The maximum atomic E-state index is 12.7. The molecule has 1 amide bonds. The number of nitrogens with one attached hydrogen (secondary N) is 1. The van der Waals surface area contributed by atoms with Gasteiger partial charge in [-0.25, -0.2) is 0 Å². The lowest BCUT2D eigenvalue weighted by atomic mass is 10.1. The normalized spacial score (nSPS) is 11.6. The van der Waals surface area contributed by atoms with Crippen LogP contribution in [0.4, 0.5) is 13.2 Å². The zero-order valence-electron chi connectivity index (χ0n) is 13.1. The summed E-state index contributed by atoms with van der Waals surface area (Å²) in [4.78, 5) is 11.9. The Hall–Kier alpha value is -2.90. The Labute approximate surface area is 141 Å². The largest absolute Gasteiger partial charge is 0.416 e. The molecule has 0 aliphatic rings. The van der Waals surface area contributed by atoms with Crippen LogP contribution in [0, 0.1) is 0 Å². The number of halogens is 3. The van der Waals surface area contributed by atoms with E-state index in [2.05, 4.69) is 15.5 Å². The number of hydrogen-bond donors (Lipinski definition) is 1. The summed E-state index contributed by atoms with van der Waals surface area (Å²) in [6.45, 7) is 0.327. The van der Waals surface area contributed by atoms with E-state index in [1.54, 1.807) is 0 Å². The Balaban J connectivity index is 1.55. The number of fused-ring (bicyclic) bond motifs is 1. The molecule has 2 heterocycles. The first-order chi connectivity index (χ1) is 11.9. The predicted octanol–water partition coefficient (Wildman–Crippen LogP) is 2.65. The van der Waals surface area contributed by atoms with Crippen molar-refractivity contribution in [3.8, 4) is 0 Å². The number of rotatable bonds is 5. The number of nitrogens with zero attached hydrogens (tertiary/aromatic N) is 3. The summed E-state index contributed by atoms with van der Waals surface area (Å²) < 4.78 is 39.8. The van der Waals surface area contributed by atoms with Crippen LogP contribution in [0.25, 0.3) is 5.65 Å². The van der Waals surface area contributed by atoms with Crippen molar-refractivity contribution in [3.05, 3.63) is 65.6 Å². The first-order valence-electron chi connectivity index (χ1n) is 7.65. The third-order valence-corrected chi connectivity index (χ3v) is 3.67. The number of carbonyl (C=O) groups is 1. The van der Waals surface area contributed by atoms with Gasteiger partial charge in [0.1, 0.15) is 5.82 Å². The minimum Gasteiger partial charge on any atom is -0.355 e. The molecule has 0 aliphatic heterocycles. The van der Waals surface area contributed by atoms with Crippen molar-refractivity contribution in [2.24, 2.45) is 0 Å². The molecule has 3 rings (SSSR count). The zero-order valence-corrected chi connectivity index (χ0v) is 13.1. The molecule has 5 nitrogen and oxygen atoms in total. The second-order valence-electron chi connectivity index (χ2n) is 5.52. The molecule has 0 saturated heterocycles. The molecule has 8 heteroatoms. The summed E-state index contributed by atoms with van der Waals surface area (Å²) in [5.74, 6) is 0.364. The van der Waals surface area contributed by atoms with Crippen molar-refractivity contribution in [1.82, 2.24) is 19.9 Å². The molecule has 1 aromatic carbocycles. The summed E-state index contributed by atoms with van der Waals surface area (Å²) in [6.07, 6.45) is -2.22. The van der Waals surface area contributed by atoms with E-state index in [1.165, 1.54) is 12.1 Å². The van der Waals surface area contributed by atoms with Gasteiger partial charge in [0.05, 0.1) is 12.0 Å². The highest BCUT2D eigenvalue weighted by Crippen LogP contribution is 2.29. The minimum atomic E-state index is -4.42. The van der Waals surface area contributed by atoms with Crippen LogP contribution in [0.3, 0.4) is 0 Å². The Morgan fingerprint density at radius 1 is 1.12 bits per heavy atom. The second-order valence-corrected chi connectivity index (χ2v) is 5.52. The summed E-state index contributed by atoms with van der Waals surface area (Å²) >= 11 is 0. The van der Waals surface area contributed by atoms with Gasteiger partial charge in [-0.1, -0.05) is 24.3 Å². The Bertz CT molecular complexity index is 889. The predicted molar refractivity (Wildman–Crippen MR) is 84.8 cm³/mol. The quantitative estimate of drug-likeness (QED) is 0.771. The molecule has 0 atom stereocenters. The van der Waals surface area contributed by atoms with Crippen molar-refractivity contribution < 1.29 is 18.0 Å². The molecule has 3 aromatic rings. The number of pyridine rings is 1. The van der Waals surface area contributed by atoms with Crippen LogP contribution in [0.15, 0.2) is 48.7 Å². The van der Waals surface area contributed by atoms with Crippen molar-refractivity contribution in [3.63, 3.8) is 0 Å². The summed E-state index contributed by atoms with van der Waals surface area (Å²) in [5.41, 5.74) is 0.278. The van der Waals surface area contributed by atoms with Crippen LogP contribution < -0.4 is 5.32 Å². The number of hydrogen-bond acceptors (Lipinski definition) is 3. The van der Waals surface area contributed by atoms with Crippen LogP contribution >= 0.6 is 0 Å². The van der Waals surface area contributed by atoms with E-state index < -0.39 is 11.7 Å². The second kappa shape index (κ2) is 6.92. The molecule has 0 aliphatic carbocycles.